The molecule has 0 radical (unpaired) electrons. The van der Waals surface area contributed by atoms with Gasteiger partial charge in [-0.2, -0.15) is 0 Å². The zero-order valence-corrected chi connectivity index (χ0v) is 25.3. The molecule has 1 amide bonds. The van der Waals surface area contributed by atoms with Crippen LogP contribution in [0, 0.1) is 0 Å². The zero-order chi connectivity index (χ0) is 28.8. The van der Waals surface area contributed by atoms with Gasteiger partial charge in [-0.25, -0.2) is 13.5 Å². The standard InChI is InChI=1S/C27H31Cl2N7O2S2/c1-34(40(2)38)25-8-3-18(17-32-27(30)31)13-24(25)26(37)33-21-4-6-23(7-5-21)39-36-11-9-35(10-12-36)22-15-19(28)14-20(29)16-22/h3-8,13-16H,9-12,17H2,1-2H3,(H,33,37)(H4,30,31,32). The molecule has 0 bridgehead atoms. The summed E-state index contributed by atoms with van der Waals surface area (Å²) in [5.41, 5.74) is 14.3. The predicted molar refractivity (Wildman–Crippen MR) is 169 cm³/mol. The van der Waals surface area contributed by atoms with Gasteiger partial charge in [0.2, 0.25) is 0 Å². The number of guanidine groups is 1. The Morgan fingerprint density at radius 1 is 1.02 bits per heavy atom. The molecule has 5 N–H and O–H groups in total. The first kappa shape index (κ1) is 30.0. The molecule has 0 spiro atoms. The number of benzene rings is 3. The summed E-state index contributed by atoms with van der Waals surface area (Å²) in [6.45, 7) is 3.70. The maximum absolute atomic E-state index is 13.3. The van der Waals surface area contributed by atoms with E-state index in [2.05, 4.69) is 19.5 Å². The van der Waals surface area contributed by atoms with Crippen LogP contribution in [0.3, 0.4) is 0 Å². The molecule has 3 aromatic carbocycles. The lowest BCUT2D eigenvalue weighted by Gasteiger charge is -2.35. The molecule has 40 heavy (non-hydrogen) atoms. The van der Waals surface area contributed by atoms with Crippen LogP contribution >= 0.6 is 35.1 Å². The third-order valence-corrected chi connectivity index (χ3v) is 8.78. The van der Waals surface area contributed by atoms with Gasteiger partial charge in [-0.1, -0.05) is 29.3 Å². The lowest BCUT2D eigenvalue weighted by molar-refractivity contribution is 0.102. The summed E-state index contributed by atoms with van der Waals surface area (Å²) in [5, 5.41) is 4.21. The number of amides is 1. The van der Waals surface area contributed by atoms with E-state index in [0.717, 1.165) is 42.3 Å². The minimum absolute atomic E-state index is 0.0345. The Kier molecular flexibility index (Phi) is 10.2. The fourth-order valence-electron chi connectivity index (χ4n) is 4.17. The van der Waals surface area contributed by atoms with E-state index in [1.165, 1.54) is 0 Å². The van der Waals surface area contributed by atoms with E-state index in [1.54, 1.807) is 53.8 Å². The van der Waals surface area contributed by atoms with Gasteiger partial charge in [-0.15, -0.1) is 0 Å². The van der Waals surface area contributed by atoms with Gasteiger partial charge in [0.15, 0.2) is 5.96 Å². The molecule has 1 heterocycles. The first-order valence-corrected chi connectivity index (χ1v) is 15.4. The molecule has 3 aromatic rings. The maximum atomic E-state index is 13.3. The number of anilines is 3. The largest absolute Gasteiger partial charge is 0.370 e. The molecule has 1 saturated heterocycles. The molecule has 0 saturated carbocycles. The van der Waals surface area contributed by atoms with Crippen molar-refractivity contribution in [2.24, 2.45) is 16.5 Å². The quantitative estimate of drug-likeness (QED) is 0.182. The van der Waals surface area contributed by atoms with E-state index < -0.39 is 11.0 Å². The molecule has 212 valence electrons. The Balaban J connectivity index is 1.39. The van der Waals surface area contributed by atoms with E-state index in [9.17, 15) is 9.00 Å². The number of piperazine rings is 1. The molecular formula is C27H31Cl2N7O2S2. The van der Waals surface area contributed by atoms with Crippen LogP contribution < -0.4 is 26.0 Å². The normalized spacial score (nSPS) is 14.4. The fraction of sp³-hybridized carbons (Fsp3) is 0.259. The van der Waals surface area contributed by atoms with Crippen molar-refractivity contribution in [2.45, 2.75) is 11.4 Å². The Morgan fingerprint density at radius 2 is 1.68 bits per heavy atom. The van der Waals surface area contributed by atoms with Crippen molar-refractivity contribution in [3.8, 4) is 0 Å². The number of hydrogen-bond donors (Lipinski definition) is 3. The third kappa shape index (κ3) is 8.05. The fourth-order valence-corrected chi connectivity index (χ4v) is 6.02. The van der Waals surface area contributed by atoms with Gasteiger partial charge in [-0.05, 0) is 72.1 Å². The van der Waals surface area contributed by atoms with E-state index in [0.29, 0.717) is 27.0 Å². The minimum Gasteiger partial charge on any atom is -0.370 e. The van der Waals surface area contributed by atoms with Crippen LogP contribution in [-0.4, -0.2) is 59.9 Å². The summed E-state index contributed by atoms with van der Waals surface area (Å²) in [5.74, 6) is -0.357. The van der Waals surface area contributed by atoms with Crippen molar-refractivity contribution in [3.63, 3.8) is 0 Å². The Morgan fingerprint density at radius 3 is 2.27 bits per heavy atom. The summed E-state index contributed by atoms with van der Waals surface area (Å²) >= 11 is 14.0. The van der Waals surface area contributed by atoms with Crippen molar-refractivity contribution in [3.05, 3.63) is 81.8 Å². The average Bonchev–Trinajstić information content (AvgIpc) is 2.92. The first-order valence-electron chi connectivity index (χ1n) is 12.4. The van der Waals surface area contributed by atoms with Crippen LogP contribution in [-0.2, 0) is 17.5 Å². The monoisotopic (exact) mass is 619 g/mol. The van der Waals surface area contributed by atoms with Crippen LogP contribution in [0.5, 0.6) is 0 Å². The van der Waals surface area contributed by atoms with Gasteiger partial charge < -0.3 is 21.7 Å². The van der Waals surface area contributed by atoms with Gasteiger partial charge >= 0.3 is 0 Å². The number of rotatable bonds is 9. The Labute approximate surface area is 251 Å². The van der Waals surface area contributed by atoms with Gasteiger partial charge in [0.05, 0.1) is 17.8 Å². The number of aliphatic imine (C=N–C) groups is 1. The number of hydrogen-bond acceptors (Lipinski definition) is 6. The minimum atomic E-state index is -1.31. The Bertz CT molecular complexity index is 1390. The molecule has 1 aliphatic heterocycles. The SMILES string of the molecule is CN(c1ccc(CN=C(N)N)cc1C(=O)Nc1ccc(SN2CCN(c3cc(Cl)cc(Cl)c3)CC2)cc1)S(C)=O. The van der Waals surface area contributed by atoms with Crippen LogP contribution in [0.2, 0.25) is 10.0 Å². The molecule has 0 aromatic heterocycles. The highest BCUT2D eigenvalue weighted by molar-refractivity contribution is 7.97. The highest BCUT2D eigenvalue weighted by atomic mass is 35.5. The van der Waals surface area contributed by atoms with E-state index in [-0.39, 0.29) is 18.4 Å². The maximum Gasteiger partial charge on any atom is 0.257 e. The number of carbonyl (C=O) groups excluding carboxylic acids is 1. The summed E-state index contributed by atoms with van der Waals surface area (Å²) in [6.07, 6.45) is 1.55. The molecule has 1 unspecified atom stereocenters. The van der Waals surface area contributed by atoms with Gasteiger partial charge in [-0.3, -0.25) is 9.10 Å². The molecule has 0 aliphatic carbocycles. The second-order valence-corrected chi connectivity index (χ2v) is 12.6. The van der Waals surface area contributed by atoms with Crippen LogP contribution in [0.15, 0.2) is 70.6 Å². The number of nitrogens with one attached hydrogen (secondary N) is 1. The smallest absolute Gasteiger partial charge is 0.257 e. The van der Waals surface area contributed by atoms with E-state index >= 15 is 0 Å². The van der Waals surface area contributed by atoms with Crippen LogP contribution in [0.25, 0.3) is 0 Å². The first-order chi connectivity index (χ1) is 19.1. The molecule has 1 atom stereocenters. The van der Waals surface area contributed by atoms with E-state index in [1.807, 2.05) is 36.4 Å². The number of carbonyl (C=O) groups is 1. The number of nitrogens with zero attached hydrogens (tertiary/aromatic N) is 4. The summed E-state index contributed by atoms with van der Waals surface area (Å²) in [7, 11) is 0.363. The topological polar surface area (TPSA) is 120 Å². The number of nitrogens with two attached hydrogens (primary N) is 2. The van der Waals surface area contributed by atoms with Crippen LogP contribution in [0.4, 0.5) is 17.1 Å². The van der Waals surface area contributed by atoms with Crippen molar-refractivity contribution < 1.29 is 9.00 Å². The van der Waals surface area contributed by atoms with Crippen molar-refractivity contribution >= 4 is 75.1 Å². The third-order valence-electron chi connectivity index (χ3n) is 6.27. The van der Waals surface area contributed by atoms with Crippen molar-refractivity contribution in [2.75, 3.05) is 54.0 Å². The molecule has 4 rings (SSSR count). The van der Waals surface area contributed by atoms with Crippen LogP contribution in [0.1, 0.15) is 15.9 Å². The molecule has 1 fully saturated rings. The number of halogens is 2. The van der Waals surface area contributed by atoms with Gasteiger partial charge in [0.25, 0.3) is 5.91 Å². The predicted octanol–water partition coefficient (Wildman–Crippen LogP) is 4.58. The molecule has 9 nitrogen and oxygen atoms in total. The lowest BCUT2D eigenvalue weighted by Crippen LogP contribution is -2.43. The van der Waals surface area contributed by atoms with Gasteiger partial charge in [0.1, 0.15) is 11.0 Å². The lowest BCUT2D eigenvalue weighted by atomic mass is 10.1. The van der Waals surface area contributed by atoms with E-state index in [4.69, 9.17) is 34.7 Å². The van der Waals surface area contributed by atoms with Crippen molar-refractivity contribution in [1.29, 1.82) is 0 Å². The Hall–Kier alpha value is -2.96. The molecular weight excluding hydrogens is 589 g/mol. The zero-order valence-electron chi connectivity index (χ0n) is 22.1. The second kappa shape index (κ2) is 13.6. The molecule has 1 aliphatic rings. The van der Waals surface area contributed by atoms with Gasteiger partial charge in [0, 0.05) is 65.8 Å². The summed E-state index contributed by atoms with van der Waals surface area (Å²) in [4.78, 5) is 20.7. The highest BCUT2D eigenvalue weighted by Gasteiger charge is 2.20. The summed E-state index contributed by atoms with van der Waals surface area (Å²) in [6, 6.07) is 18.6. The highest BCUT2D eigenvalue weighted by Crippen LogP contribution is 2.30. The average molecular weight is 621 g/mol. The second-order valence-electron chi connectivity index (χ2n) is 9.13. The van der Waals surface area contributed by atoms with Crippen molar-refractivity contribution in [1.82, 2.24) is 4.31 Å². The summed E-state index contributed by atoms with van der Waals surface area (Å²) < 4.78 is 16.0. The molecule has 13 heteroatoms.